The number of ether oxygens (including phenoxy) is 1. The van der Waals surface area contributed by atoms with Crippen LogP contribution in [0.4, 0.5) is 0 Å². The van der Waals surface area contributed by atoms with Crippen LogP contribution in [0.3, 0.4) is 0 Å². The van der Waals surface area contributed by atoms with Crippen molar-refractivity contribution in [2.24, 2.45) is 0 Å². The minimum absolute atomic E-state index is 0.281. The first kappa shape index (κ1) is 9.92. The summed E-state index contributed by atoms with van der Waals surface area (Å²) >= 11 is 0. The molecule has 0 amide bonds. The molecular formula is C8H18O2. The van der Waals surface area contributed by atoms with Crippen molar-refractivity contribution >= 4 is 0 Å². The Hall–Kier alpha value is -0.0800. The van der Waals surface area contributed by atoms with E-state index in [9.17, 15) is 0 Å². The van der Waals surface area contributed by atoms with Crippen molar-refractivity contribution < 1.29 is 9.84 Å². The van der Waals surface area contributed by atoms with Gasteiger partial charge in [0.1, 0.15) is 0 Å². The molecule has 0 aromatic carbocycles. The van der Waals surface area contributed by atoms with E-state index >= 15 is 0 Å². The zero-order valence-corrected chi connectivity index (χ0v) is 6.97. The third kappa shape index (κ3) is 4.77. The van der Waals surface area contributed by atoms with Gasteiger partial charge in [-0.15, -0.1) is 0 Å². The van der Waals surface area contributed by atoms with Crippen molar-refractivity contribution in [2.75, 3.05) is 13.2 Å². The van der Waals surface area contributed by atoms with Gasteiger partial charge in [-0.2, -0.15) is 0 Å². The number of aliphatic hydroxyl groups is 1. The first-order valence-corrected chi connectivity index (χ1v) is 4.07. The van der Waals surface area contributed by atoms with E-state index in [0.717, 1.165) is 25.9 Å². The molecule has 10 heavy (non-hydrogen) atoms. The molecule has 0 aromatic rings. The van der Waals surface area contributed by atoms with E-state index in [4.69, 9.17) is 9.84 Å². The van der Waals surface area contributed by atoms with Crippen molar-refractivity contribution in [2.45, 2.75) is 39.2 Å². The van der Waals surface area contributed by atoms with Crippen molar-refractivity contribution in [3.05, 3.63) is 0 Å². The maximum atomic E-state index is 8.52. The van der Waals surface area contributed by atoms with Crippen LogP contribution < -0.4 is 0 Å². The molecule has 0 aliphatic carbocycles. The summed E-state index contributed by atoms with van der Waals surface area (Å²) in [5.41, 5.74) is 0. The average Bonchev–Trinajstić information content (AvgIpc) is 1.98. The van der Waals surface area contributed by atoms with Crippen LogP contribution >= 0.6 is 0 Å². The lowest BCUT2D eigenvalue weighted by molar-refractivity contribution is 0.0492. The van der Waals surface area contributed by atoms with Gasteiger partial charge in [-0.25, -0.2) is 0 Å². The second-order valence-electron chi connectivity index (χ2n) is 2.35. The van der Waals surface area contributed by atoms with Crippen LogP contribution in [0.15, 0.2) is 0 Å². The van der Waals surface area contributed by atoms with Gasteiger partial charge in [0.05, 0.1) is 6.10 Å². The molecule has 0 radical (unpaired) electrons. The Balaban J connectivity index is 3.21. The van der Waals surface area contributed by atoms with Crippen LogP contribution in [0, 0.1) is 0 Å². The van der Waals surface area contributed by atoms with Gasteiger partial charge in [0, 0.05) is 13.2 Å². The molecule has 0 aromatic heterocycles. The summed E-state index contributed by atoms with van der Waals surface area (Å²) in [6, 6.07) is 0. The van der Waals surface area contributed by atoms with E-state index in [-0.39, 0.29) is 6.61 Å². The maximum absolute atomic E-state index is 8.52. The highest BCUT2D eigenvalue weighted by Gasteiger charge is 2.03. The van der Waals surface area contributed by atoms with Crippen LogP contribution in [-0.2, 0) is 4.74 Å². The predicted molar refractivity (Wildman–Crippen MR) is 42.0 cm³/mol. The van der Waals surface area contributed by atoms with Gasteiger partial charge < -0.3 is 9.84 Å². The van der Waals surface area contributed by atoms with Crippen molar-refractivity contribution in [1.82, 2.24) is 0 Å². The summed E-state index contributed by atoms with van der Waals surface area (Å²) in [7, 11) is 0. The minimum Gasteiger partial charge on any atom is -0.396 e. The van der Waals surface area contributed by atoms with Gasteiger partial charge in [0.25, 0.3) is 0 Å². The van der Waals surface area contributed by atoms with Gasteiger partial charge in [0.15, 0.2) is 0 Å². The quantitative estimate of drug-likeness (QED) is 0.616. The van der Waals surface area contributed by atoms with Crippen LogP contribution in [0.2, 0.25) is 0 Å². The van der Waals surface area contributed by atoms with Gasteiger partial charge >= 0.3 is 0 Å². The Morgan fingerprint density at radius 2 is 2.10 bits per heavy atom. The zero-order chi connectivity index (χ0) is 7.82. The Bertz CT molecular complexity index is 64.3. The van der Waals surface area contributed by atoms with Crippen molar-refractivity contribution in [3.63, 3.8) is 0 Å². The molecule has 1 N–H and O–H groups in total. The summed E-state index contributed by atoms with van der Waals surface area (Å²) in [6.45, 7) is 5.17. The molecule has 0 saturated heterocycles. The number of hydrogen-bond donors (Lipinski definition) is 1. The zero-order valence-electron chi connectivity index (χ0n) is 6.97. The topological polar surface area (TPSA) is 29.5 Å². The number of hydrogen-bond acceptors (Lipinski definition) is 2. The molecule has 1 unspecified atom stereocenters. The second-order valence-corrected chi connectivity index (χ2v) is 2.35. The molecular weight excluding hydrogens is 128 g/mol. The molecule has 0 heterocycles. The van der Waals surface area contributed by atoms with Gasteiger partial charge in [-0.1, -0.05) is 6.92 Å². The predicted octanol–water partition coefficient (Wildman–Crippen LogP) is 1.57. The summed E-state index contributed by atoms with van der Waals surface area (Å²) in [5.74, 6) is 0. The molecule has 2 heteroatoms. The average molecular weight is 146 g/mol. The normalized spacial score (nSPS) is 13.5. The lowest BCUT2D eigenvalue weighted by atomic mass is 10.1. The third-order valence-electron chi connectivity index (χ3n) is 1.54. The van der Waals surface area contributed by atoms with E-state index in [2.05, 4.69) is 6.92 Å². The van der Waals surface area contributed by atoms with Crippen LogP contribution in [0.5, 0.6) is 0 Å². The standard InChI is InChI=1S/C8H18O2/c1-3-8(10-4-2)6-5-7-9/h8-9H,3-7H2,1-2H3. The highest BCUT2D eigenvalue weighted by atomic mass is 16.5. The summed E-state index contributed by atoms with van der Waals surface area (Å²) in [4.78, 5) is 0. The number of aliphatic hydroxyl groups excluding tert-OH is 1. The van der Waals surface area contributed by atoms with E-state index in [1.54, 1.807) is 0 Å². The van der Waals surface area contributed by atoms with Gasteiger partial charge in [-0.05, 0) is 26.2 Å². The lowest BCUT2D eigenvalue weighted by Crippen LogP contribution is -2.11. The fraction of sp³-hybridized carbons (Fsp3) is 1.00. The first-order valence-electron chi connectivity index (χ1n) is 4.07. The van der Waals surface area contributed by atoms with Gasteiger partial charge in [0.2, 0.25) is 0 Å². The molecule has 0 aliphatic heterocycles. The molecule has 0 bridgehead atoms. The Labute approximate surface area is 63.2 Å². The molecule has 0 rings (SSSR count). The molecule has 0 saturated carbocycles. The van der Waals surface area contributed by atoms with E-state index in [1.807, 2.05) is 6.92 Å². The smallest absolute Gasteiger partial charge is 0.0573 e. The minimum atomic E-state index is 0.281. The molecule has 1 atom stereocenters. The highest BCUT2D eigenvalue weighted by Crippen LogP contribution is 2.05. The van der Waals surface area contributed by atoms with Crippen LogP contribution in [0.1, 0.15) is 33.1 Å². The monoisotopic (exact) mass is 146 g/mol. The van der Waals surface area contributed by atoms with Crippen molar-refractivity contribution in [3.8, 4) is 0 Å². The molecule has 0 fully saturated rings. The Morgan fingerprint density at radius 3 is 2.50 bits per heavy atom. The van der Waals surface area contributed by atoms with E-state index < -0.39 is 0 Å². The molecule has 0 aliphatic rings. The fourth-order valence-corrected chi connectivity index (χ4v) is 0.960. The summed E-state index contributed by atoms with van der Waals surface area (Å²) in [5, 5.41) is 8.52. The third-order valence-corrected chi connectivity index (χ3v) is 1.54. The first-order chi connectivity index (χ1) is 4.85. The second kappa shape index (κ2) is 7.03. The SMILES string of the molecule is CCOC(CC)CCCO. The Kier molecular flexibility index (Phi) is 6.98. The van der Waals surface area contributed by atoms with Crippen LogP contribution in [0.25, 0.3) is 0 Å². The van der Waals surface area contributed by atoms with Crippen molar-refractivity contribution in [1.29, 1.82) is 0 Å². The maximum Gasteiger partial charge on any atom is 0.0573 e. The summed E-state index contributed by atoms with van der Waals surface area (Å²) < 4.78 is 5.38. The molecule has 2 nitrogen and oxygen atoms in total. The molecule has 62 valence electrons. The lowest BCUT2D eigenvalue weighted by Gasteiger charge is -2.13. The fourth-order valence-electron chi connectivity index (χ4n) is 0.960. The van der Waals surface area contributed by atoms with E-state index in [0.29, 0.717) is 6.10 Å². The van der Waals surface area contributed by atoms with Crippen LogP contribution in [-0.4, -0.2) is 24.4 Å². The number of rotatable bonds is 6. The largest absolute Gasteiger partial charge is 0.396 e. The van der Waals surface area contributed by atoms with E-state index in [1.165, 1.54) is 0 Å². The molecule has 0 spiro atoms. The summed E-state index contributed by atoms with van der Waals surface area (Å²) in [6.07, 6.45) is 3.25. The Morgan fingerprint density at radius 1 is 1.40 bits per heavy atom. The van der Waals surface area contributed by atoms with Gasteiger partial charge in [-0.3, -0.25) is 0 Å². The highest BCUT2D eigenvalue weighted by molar-refractivity contribution is 4.53.